The van der Waals surface area contributed by atoms with Gasteiger partial charge >= 0.3 is 12.3 Å². The maximum atomic E-state index is 12.5. The third kappa shape index (κ3) is 13.4. The van der Waals surface area contributed by atoms with Crippen molar-refractivity contribution in [3.8, 4) is 22.9 Å². The molecule has 12 nitrogen and oxygen atoms in total. The quantitative estimate of drug-likeness (QED) is 0.107. The highest BCUT2D eigenvalue weighted by Gasteiger charge is 2.30. The molecule has 0 aliphatic heterocycles. The van der Waals surface area contributed by atoms with Gasteiger partial charge in [-0.3, -0.25) is 0 Å². The van der Waals surface area contributed by atoms with Gasteiger partial charge in [-0.05, 0) is 159 Å². The number of carbonyl (C=O) groups excluding carboxylic acids is 2. The molecule has 0 atom stereocenters. The molecule has 0 bridgehead atoms. The number of aromatic nitrogens is 6. The average molecular weight is 911 g/mol. The topological polar surface area (TPSA) is 132 Å². The monoisotopic (exact) mass is 911 g/mol. The van der Waals surface area contributed by atoms with E-state index in [4.69, 9.17) is 34.2 Å². The standard InChI is InChI=1S/C29H35N3O3.C26H35N3O3/c1-27(2,3)18-29(7,8)21-13-14-22-23(17-21)31-32(30-22)24-15-19-11-9-10-12-20(19)16-25(24)34-26(33)35-28(4,5)6;1-17-10-13-22(31-23(30)32-25(5,6)7)21(14-17)29-27-19-12-11-18(15-20(19)28-29)26(8,9)16-24(2,3)4/h9-17H,18H2,1-8H3;10-15H,16H2,1-9H3. The molecule has 67 heavy (non-hydrogen) atoms. The normalized spacial score (nSPS) is 12.8. The summed E-state index contributed by atoms with van der Waals surface area (Å²) in [6.07, 6.45) is 0.561. The Kier molecular flexibility index (Phi) is 13.8. The van der Waals surface area contributed by atoms with Crippen molar-refractivity contribution in [1.29, 1.82) is 0 Å². The van der Waals surface area contributed by atoms with Gasteiger partial charge in [-0.2, -0.15) is 0 Å². The van der Waals surface area contributed by atoms with Crippen molar-refractivity contribution in [2.24, 2.45) is 10.8 Å². The molecular formula is C55H70N6O6. The lowest BCUT2D eigenvalue weighted by molar-refractivity contribution is 0.0192. The van der Waals surface area contributed by atoms with Crippen LogP contribution in [0.2, 0.25) is 0 Å². The predicted molar refractivity (Wildman–Crippen MR) is 268 cm³/mol. The molecular weight excluding hydrogens is 841 g/mol. The van der Waals surface area contributed by atoms with Crippen LogP contribution in [0.4, 0.5) is 9.59 Å². The Hall–Kier alpha value is -6.30. The highest BCUT2D eigenvalue weighted by molar-refractivity contribution is 5.88. The van der Waals surface area contributed by atoms with E-state index in [0.717, 1.165) is 51.2 Å². The van der Waals surface area contributed by atoms with Crippen LogP contribution in [0.15, 0.2) is 91.0 Å². The molecule has 0 spiro atoms. The summed E-state index contributed by atoms with van der Waals surface area (Å²) in [4.78, 5) is 27.8. The Morgan fingerprint density at radius 2 is 0.866 bits per heavy atom. The van der Waals surface area contributed by atoms with Crippen LogP contribution in [-0.4, -0.2) is 53.5 Å². The van der Waals surface area contributed by atoms with Crippen LogP contribution in [-0.2, 0) is 20.3 Å². The summed E-state index contributed by atoms with van der Waals surface area (Å²) in [5.41, 5.74) is 6.86. The second kappa shape index (κ2) is 18.4. The van der Waals surface area contributed by atoms with Crippen LogP contribution in [0, 0.1) is 17.8 Å². The van der Waals surface area contributed by atoms with Gasteiger partial charge in [-0.15, -0.1) is 30.0 Å². The molecule has 0 unspecified atom stereocenters. The van der Waals surface area contributed by atoms with Gasteiger partial charge in [0.15, 0.2) is 11.5 Å². The van der Waals surface area contributed by atoms with Gasteiger partial charge in [0.2, 0.25) is 0 Å². The molecule has 0 aliphatic rings. The lowest BCUT2D eigenvalue weighted by Gasteiger charge is -2.33. The second-order valence-corrected chi connectivity index (χ2v) is 23.4. The largest absolute Gasteiger partial charge is 0.514 e. The van der Waals surface area contributed by atoms with Gasteiger partial charge in [-0.25, -0.2) is 9.59 Å². The molecule has 7 rings (SSSR count). The number of hydrogen-bond acceptors (Lipinski definition) is 10. The Labute approximate surface area is 396 Å². The van der Waals surface area contributed by atoms with Crippen LogP contribution in [0.1, 0.15) is 140 Å². The fourth-order valence-electron chi connectivity index (χ4n) is 8.78. The van der Waals surface area contributed by atoms with Crippen LogP contribution < -0.4 is 9.47 Å². The fraction of sp³-hybridized carbons (Fsp3) is 0.455. The van der Waals surface area contributed by atoms with Crippen LogP contribution in [0.25, 0.3) is 44.2 Å². The van der Waals surface area contributed by atoms with Gasteiger partial charge in [0, 0.05) is 0 Å². The minimum atomic E-state index is -0.767. The molecule has 0 amide bonds. The third-order valence-electron chi connectivity index (χ3n) is 10.8. The maximum Gasteiger partial charge on any atom is 0.514 e. The third-order valence-corrected chi connectivity index (χ3v) is 10.8. The molecule has 12 heteroatoms. The summed E-state index contributed by atoms with van der Waals surface area (Å²) in [5, 5.41) is 20.8. The molecule has 0 radical (unpaired) electrons. The Balaban J connectivity index is 0.000000222. The van der Waals surface area contributed by atoms with E-state index in [1.54, 1.807) is 47.6 Å². The van der Waals surface area contributed by atoms with E-state index in [1.807, 2.05) is 67.6 Å². The number of benzene rings is 5. The van der Waals surface area contributed by atoms with E-state index in [1.165, 1.54) is 20.7 Å². The second-order valence-electron chi connectivity index (χ2n) is 23.4. The molecule has 0 fully saturated rings. The Morgan fingerprint density at radius 1 is 0.463 bits per heavy atom. The highest BCUT2D eigenvalue weighted by Crippen LogP contribution is 2.39. The van der Waals surface area contributed by atoms with Crippen molar-refractivity contribution in [3.05, 3.63) is 108 Å². The van der Waals surface area contributed by atoms with Gasteiger partial charge in [0.25, 0.3) is 0 Å². The van der Waals surface area contributed by atoms with E-state index in [9.17, 15) is 9.59 Å². The van der Waals surface area contributed by atoms with Crippen LogP contribution in [0.5, 0.6) is 11.5 Å². The number of ether oxygens (including phenoxy) is 4. The van der Waals surface area contributed by atoms with E-state index >= 15 is 0 Å². The molecule has 0 saturated carbocycles. The first-order chi connectivity index (χ1) is 30.8. The molecule has 0 saturated heterocycles. The first kappa shape index (κ1) is 50.1. The van der Waals surface area contributed by atoms with Crippen molar-refractivity contribution in [1.82, 2.24) is 30.0 Å². The van der Waals surface area contributed by atoms with E-state index in [2.05, 4.69) is 98.6 Å². The number of carbonyl (C=O) groups is 2. The van der Waals surface area contributed by atoms with E-state index < -0.39 is 23.5 Å². The maximum absolute atomic E-state index is 12.5. The summed E-state index contributed by atoms with van der Waals surface area (Å²) in [5.74, 6) is 0.685. The predicted octanol–water partition coefficient (Wildman–Crippen LogP) is 14.4. The molecule has 356 valence electrons. The molecule has 0 N–H and O–H groups in total. The molecule has 2 aromatic heterocycles. The van der Waals surface area contributed by atoms with Crippen molar-refractivity contribution < 1.29 is 28.5 Å². The van der Waals surface area contributed by atoms with Crippen molar-refractivity contribution in [2.45, 2.75) is 153 Å². The first-order valence-corrected chi connectivity index (χ1v) is 23.0. The summed E-state index contributed by atoms with van der Waals surface area (Å²) in [6.45, 7) is 35.4. The smallest absolute Gasteiger partial charge is 0.428 e. The Bertz CT molecular complexity index is 2910. The summed E-state index contributed by atoms with van der Waals surface area (Å²) < 4.78 is 21.8. The molecule has 2 heterocycles. The zero-order valence-corrected chi connectivity index (χ0v) is 42.7. The molecule has 5 aromatic carbocycles. The van der Waals surface area contributed by atoms with Crippen LogP contribution in [0.3, 0.4) is 0 Å². The number of rotatable bonds is 8. The Morgan fingerprint density at radius 3 is 1.30 bits per heavy atom. The van der Waals surface area contributed by atoms with Gasteiger partial charge in [0.05, 0.1) is 0 Å². The SMILES string of the molecule is CC(C)(C)CC(C)(C)c1ccc2nn(-c3cc4ccccc4cc3OC(=O)OC(C)(C)C)nc2c1.Cc1ccc(OC(=O)OC(C)(C)C)c(-n2nc3ccc(C(C)(C)CC(C)(C)C)cc3n2)c1. The average Bonchev–Trinajstić information content (AvgIpc) is 3.79. The zero-order valence-electron chi connectivity index (χ0n) is 42.7. The van der Waals surface area contributed by atoms with Gasteiger partial charge in [0.1, 0.15) is 44.6 Å². The van der Waals surface area contributed by atoms with Crippen molar-refractivity contribution in [2.75, 3.05) is 0 Å². The van der Waals surface area contributed by atoms with E-state index in [-0.39, 0.29) is 21.7 Å². The molecule has 0 aliphatic carbocycles. The highest BCUT2D eigenvalue weighted by atomic mass is 16.7. The lowest BCUT2D eigenvalue weighted by atomic mass is 9.72. The minimum absolute atomic E-state index is 0.00450. The van der Waals surface area contributed by atoms with Gasteiger partial charge < -0.3 is 18.9 Å². The first-order valence-electron chi connectivity index (χ1n) is 23.0. The van der Waals surface area contributed by atoms with Crippen molar-refractivity contribution in [3.63, 3.8) is 0 Å². The van der Waals surface area contributed by atoms with Crippen LogP contribution >= 0.6 is 0 Å². The fourth-order valence-corrected chi connectivity index (χ4v) is 8.78. The number of aryl methyl sites for hydroxylation is 1. The summed E-state index contributed by atoms with van der Waals surface area (Å²) in [7, 11) is 0. The summed E-state index contributed by atoms with van der Waals surface area (Å²) in [6, 6.07) is 29.6. The van der Waals surface area contributed by atoms with E-state index in [0.29, 0.717) is 22.9 Å². The summed E-state index contributed by atoms with van der Waals surface area (Å²) >= 11 is 0. The zero-order chi connectivity index (χ0) is 49.5. The van der Waals surface area contributed by atoms with Gasteiger partial charge in [-0.1, -0.05) is 112 Å². The van der Waals surface area contributed by atoms with Crippen molar-refractivity contribution >= 4 is 45.1 Å². The number of nitrogens with zero attached hydrogens (tertiary/aromatic N) is 6. The number of fused-ring (bicyclic) bond motifs is 3. The molecule has 7 aromatic rings. The minimum Gasteiger partial charge on any atom is -0.428 e. The number of hydrogen-bond donors (Lipinski definition) is 0. The lowest BCUT2D eigenvalue weighted by Crippen LogP contribution is -2.26.